The third-order valence-corrected chi connectivity index (χ3v) is 7.66. The van der Waals surface area contributed by atoms with Crippen LogP contribution in [0.3, 0.4) is 0 Å². The first-order valence-electron chi connectivity index (χ1n) is 10.9. The molecule has 3 aromatic rings. The number of aromatic hydroxyl groups is 1. The average molecular weight is 466 g/mol. The summed E-state index contributed by atoms with van der Waals surface area (Å²) in [5.41, 5.74) is 0.961. The first-order chi connectivity index (χ1) is 15.9. The first-order valence-corrected chi connectivity index (χ1v) is 11.8. The monoisotopic (exact) mass is 465 g/mol. The lowest BCUT2D eigenvalue weighted by Crippen LogP contribution is -2.68. The van der Waals surface area contributed by atoms with Crippen molar-refractivity contribution in [2.24, 2.45) is 0 Å². The number of anilines is 1. The van der Waals surface area contributed by atoms with Gasteiger partial charge in [-0.05, 0) is 44.7 Å². The second-order valence-electron chi connectivity index (χ2n) is 8.99. The molecule has 170 valence electrons. The molecule has 33 heavy (non-hydrogen) atoms. The number of nitriles is 1. The van der Waals surface area contributed by atoms with E-state index in [1.54, 1.807) is 29.8 Å². The highest BCUT2D eigenvalue weighted by Gasteiger charge is 2.49. The highest BCUT2D eigenvalue weighted by atomic mass is 32.1. The summed E-state index contributed by atoms with van der Waals surface area (Å²) in [6.07, 6.45) is 4.19. The molecule has 4 heterocycles. The second-order valence-corrected chi connectivity index (χ2v) is 9.85. The third-order valence-electron chi connectivity index (χ3n) is 6.77. The number of nitrogens with zero attached hydrogens (tertiary/aromatic N) is 6. The largest absolute Gasteiger partial charge is 0.507 e. The molecule has 10 heteroatoms. The molecule has 8 nitrogen and oxygen atoms in total. The van der Waals surface area contributed by atoms with Crippen LogP contribution in [0.25, 0.3) is 22.0 Å². The number of benzene rings is 1. The summed E-state index contributed by atoms with van der Waals surface area (Å²) in [7, 11) is 1.84. The van der Waals surface area contributed by atoms with E-state index in [1.165, 1.54) is 11.3 Å². The number of fused-ring (bicyclic) bond motifs is 2. The maximum absolute atomic E-state index is 15.4. The maximum atomic E-state index is 15.4. The Bertz CT molecular complexity index is 1210. The SMILES string of the molecule is CN(c1cnc(-c2ccc(-c3nc(C#N)cs3)cc2O)nn1)[C@H]1C[C@H]2CCC[C@@](C)(N2)[C@H]1F. The Morgan fingerprint density at radius 2 is 2.21 bits per heavy atom. The standard InChI is InChI=1S/C23H24FN7OS/c1-23-7-3-4-14(28-23)9-17(20(23)24)31(2)19-11-26-21(30-29-19)16-6-5-13(8-18(16)32)22-27-15(10-25)12-33-22/h5-6,8,11-12,14,17,20,28,32H,3-4,7,9H2,1-2H3/t14-,17+,20+,23-/m1/s1. The van der Waals surface area contributed by atoms with Gasteiger partial charge in [0.15, 0.2) is 17.3 Å². The minimum atomic E-state index is -1.02. The number of thiazole rings is 1. The van der Waals surface area contributed by atoms with Crippen molar-refractivity contribution in [1.82, 2.24) is 25.5 Å². The summed E-state index contributed by atoms with van der Waals surface area (Å²) in [5.74, 6) is 0.768. The normalized spacial score (nSPS) is 26.5. The molecule has 0 amide bonds. The highest BCUT2D eigenvalue weighted by Crippen LogP contribution is 2.38. The smallest absolute Gasteiger partial charge is 0.185 e. The van der Waals surface area contributed by atoms with Gasteiger partial charge in [0, 0.05) is 29.6 Å². The van der Waals surface area contributed by atoms with Crippen molar-refractivity contribution in [3.63, 3.8) is 0 Å². The lowest BCUT2D eigenvalue weighted by molar-refractivity contribution is 0.0405. The van der Waals surface area contributed by atoms with Gasteiger partial charge in [-0.3, -0.25) is 0 Å². The fourth-order valence-electron chi connectivity index (χ4n) is 4.95. The van der Waals surface area contributed by atoms with E-state index in [-0.39, 0.29) is 17.6 Å². The van der Waals surface area contributed by atoms with Crippen LogP contribution in [0.4, 0.5) is 10.2 Å². The van der Waals surface area contributed by atoms with Gasteiger partial charge in [0.05, 0.1) is 17.8 Å². The second kappa shape index (κ2) is 8.32. The number of phenolic OH excluding ortho intramolecular Hbond substituents is 1. The molecular weight excluding hydrogens is 441 g/mol. The van der Waals surface area contributed by atoms with E-state index in [2.05, 4.69) is 25.5 Å². The minimum absolute atomic E-state index is 0.00737. The molecule has 0 saturated carbocycles. The Kier molecular flexibility index (Phi) is 5.46. The van der Waals surface area contributed by atoms with Crippen LogP contribution in [0.1, 0.15) is 38.3 Å². The minimum Gasteiger partial charge on any atom is -0.507 e. The van der Waals surface area contributed by atoms with Gasteiger partial charge in [-0.1, -0.05) is 6.07 Å². The van der Waals surface area contributed by atoms with Crippen LogP contribution in [0.2, 0.25) is 0 Å². The Morgan fingerprint density at radius 3 is 2.91 bits per heavy atom. The van der Waals surface area contributed by atoms with Gasteiger partial charge in [0.2, 0.25) is 0 Å². The lowest BCUT2D eigenvalue weighted by atomic mass is 9.73. The molecule has 0 radical (unpaired) electrons. The number of halogens is 1. The molecule has 2 aliphatic rings. The zero-order chi connectivity index (χ0) is 23.2. The molecule has 2 fully saturated rings. The Hall–Kier alpha value is -3.16. The number of rotatable bonds is 4. The lowest BCUT2D eigenvalue weighted by Gasteiger charge is -2.52. The van der Waals surface area contributed by atoms with Crippen LogP contribution in [-0.2, 0) is 0 Å². The van der Waals surface area contributed by atoms with Crippen LogP contribution < -0.4 is 10.2 Å². The van der Waals surface area contributed by atoms with E-state index in [1.807, 2.05) is 24.9 Å². The van der Waals surface area contributed by atoms with E-state index >= 15 is 4.39 Å². The van der Waals surface area contributed by atoms with Crippen LogP contribution in [0.5, 0.6) is 5.75 Å². The number of nitrogens with one attached hydrogen (secondary N) is 1. The molecule has 0 aliphatic carbocycles. The molecule has 2 aliphatic heterocycles. The molecule has 0 spiro atoms. The summed E-state index contributed by atoms with van der Waals surface area (Å²) in [6.45, 7) is 1.97. The summed E-state index contributed by atoms with van der Waals surface area (Å²) in [6, 6.07) is 7.07. The van der Waals surface area contributed by atoms with Crippen LogP contribution in [-0.4, -0.2) is 56.1 Å². The van der Waals surface area contributed by atoms with Crippen molar-refractivity contribution >= 4 is 17.2 Å². The molecule has 4 atom stereocenters. The van der Waals surface area contributed by atoms with Crippen LogP contribution in [0.15, 0.2) is 29.8 Å². The first kappa shape index (κ1) is 21.7. The molecule has 2 saturated heterocycles. The summed E-state index contributed by atoms with van der Waals surface area (Å²) < 4.78 is 15.4. The molecule has 1 aromatic carbocycles. The fourth-order valence-corrected chi connectivity index (χ4v) is 5.69. The predicted octanol–water partition coefficient (Wildman–Crippen LogP) is 3.69. The van der Waals surface area contributed by atoms with Crippen molar-refractivity contribution in [2.75, 3.05) is 11.9 Å². The third kappa shape index (κ3) is 3.92. The van der Waals surface area contributed by atoms with Gasteiger partial charge in [-0.15, -0.1) is 21.5 Å². The number of hydrogen-bond acceptors (Lipinski definition) is 9. The van der Waals surface area contributed by atoms with Gasteiger partial charge in [-0.25, -0.2) is 14.4 Å². The van der Waals surface area contributed by atoms with E-state index < -0.39 is 11.7 Å². The summed E-state index contributed by atoms with van der Waals surface area (Å²) >= 11 is 1.33. The van der Waals surface area contributed by atoms with Gasteiger partial charge in [-0.2, -0.15) is 5.26 Å². The quantitative estimate of drug-likeness (QED) is 0.600. The van der Waals surface area contributed by atoms with Crippen molar-refractivity contribution in [3.05, 3.63) is 35.5 Å². The maximum Gasteiger partial charge on any atom is 0.185 e. The summed E-state index contributed by atoms with van der Waals surface area (Å²) in [4.78, 5) is 10.4. The molecule has 5 rings (SSSR count). The van der Waals surface area contributed by atoms with E-state index in [9.17, 15) is 5.11 Å². The molecular formula is C23H24FN7OS. The van der Waals surface area contributed by atoms with E-state index in [0.29, 0.717) is 40.1 Å². The molecule has 2 N–H and O–H groups in total. The number of aromatic nitrogens is 4. The van der Waals surface area contributed by atoms with Gasteiger partial charge < -0.3 is 15.3 Å². The van der Waals surface area contributed by atoms with E-state index in [4.69, 9.17) is 5.26 Å². The number of alkyl halides is 1. The number of piperidine rings is 2. The van der Waals surface area contributed by atoms with Crippen LogP contribution in [0, 0.1) is 11.3 Å². The van der Waals surface area contributed by atoms with Gasteiger partial charge >= 0.3 is 0 Å². The number of hydrogen-bond donors (Lipinski definition) is 2. The van der Waals surface area contributed by atoms with Crippen molar-refractivity contribution in [3.8, 4) is 33.8 Å². The molecule has 2 bridgehead atoms. The molecule has 0 unspecified atom stereocenters. The van der Waals surface area contributed by atoms with Crippen molar-refractivity contribution in [1.29, 1.82) is 5.26 Å². The Labute approximate surface area is 195 Å². The average Bonchev–Trinajstić information content (AvgIpc) is 3.31. The van der Waals surface area contributed by atoms with E-state index in [0.717, 1.165) is 19.3 Å². The van der Waals surface area contributed by atoms with Gasteiger partial charge in [0.1, 0.15) is 23.0 Å². The number of phenols is 1. The van der Waals surface area contributed by atoms with Crippen LogP contribution >= 0.6 is 11.3 Å². The zero-order valence-electron chi connectivity index (χ0n) is 18.4. The predicted molar refractivity (Wildman–Crippen MR) is 124 cm³/mol. The topological polar surface area (TPSA) is 111 Å². The fraction of sp³-hybridized carbons (Fsp3) is 0.435. The molecule has 2 aromatic heterocycles. The highest BCUT2D eigenvalue weighted by molar-refractivity contribution is 7.13. The summed E-state index contributed by atoms with van der Waals surface area (Å²) in [5, 5.41) is 33.8. The Morgan fingerprint density at radius 1 is 1.36 bits per heavy atom. The zero-order valence-corrected chi connectivity index (χ0v) is 19.2. The van der Waals surface area contributed by atoms with Crippen molar-refractivity contribution in [2.45, 2.75) is 56.4 Å². The Balaban J connectivity index is 1.36. The van der Waals surface area contributed by atoms with Crippen molar-refractivity contribution < 1.29 is 9.50 Å². The van der Waals surface area contributed by atoms with Gasteiger partial charge in [0.25, 0.3) is 0 Å².